The summed E-state index contributed by atoms with van der Waals surface area (Å²) in [7, 11) is 4.49. The van der Waals surface area contributed by atoms with Crippen LogP contribution in [0.15, 0.2) is 60.8 Å². The number of carbonyl (C=O) groups excluding carboxylic acids is 1. The Morgan fingerprint density at radius 3 is 2.41 bits per heavy atom. The predicted octanol–water partition coefficient (Wildman–Crippen LogP) is 3.76. The van der Waals surface area contributed by atoms with Gasteiger partial charge in [0.2, 0.25) is 5.75 Å². The van der Waals surface area contributed by atoms with E-state index in [1.807, 2.05) is 30.3 Å². The molecule has 0 bridgehead atoms. The van der Waals surface area contributed by atoms with E-state index in [-0.39, 0.29) is 5.91 Å². The quantitative estimate of drug-likeness (QED) is 0.674. The second-order valence-electron chi connectivity index (χ2n) is 5.88. The summed E-state index contributed by atoms with van der Waals surface area (Å²) in [5.74, 6) is 6.84. The lowest BCUT2D eigenvalue weighted by Crippen LogP contribution is -2.14. The summed E-state index contributed by atoms with van der Waals surface area (Å²) in [6.07, 6.45) is 1.69. The van der Waals surface area contributed by atoms with Gasteiger partial charge in [-0.05, 0) is 48.4 Å². The Labute approximate surface area is 169 Å². The molecule has 1 aromatic heterocycles. The van der Waals surface area contributed by atoms with Gasteiger partial charge in [-0.3, -0.25) is 4.79 Å². The van der Waals surface area contributed by atoms with Crippen molar-refractivity contribution in [1.29, 1.82) is 0 Å². The predicted molar refractivity (Wildman–Crippen MR) is 111 cm³/mol. The topological polar surface area (TPSA) is 69.7 Å². The molecule has 0 radical (unpaired) electrons. The average molecular weight is 388 g/mol. The summed E-state index contributed by atoms with van der Waals surface area (Å²) in [6.45, 7) is 0. The first kappa shape index (κ1) is 19.8. The fourth-order valence-electron chi connectivity index (χ4n) is 2.73. The number of rotatable bonds is 5. The third kappa shape index (κ3) is 4.66. The minimum absolute atomic E-state index is 0.301. The lowest BCUT2D eigenvalue weighted by molar-refractivity contribution is 0.102. The number of hydrogen-bond acceptors (Lipinski definition) is 5. The van der Waals surface area contributed by atoms with Crippen molar-refractivity contribution >= 4 is 11.6 Å². The number of nitrogens with one attached hydrogen (secondary N) is 1. The molecule has 1 amide bonds. The van der Waals surface area contributed by atoms with Crippen LogP contribution in [0, 0.1) is 11.8 Å². The molecule has 0 fully saturated rings. The molecule has 1 N–H and O–H groups in total. The molecular formula is C23H20N2O4. The number of ether oxygens (including phenoxy) is 3. The van der Waals surface area contributed by atoms with E-state index in [0.29, 0.717) is 34.2 Å². The molecule has 0 unspecified atom stereocenters. The third-order valence-corrected chi connectivity index (χ3v) is 4.07. The molecule has 6 nitrogen and oxygen atoms in total. The number of anilines is 1. The first-order chi connectivity index (χ1) is 14.2. The van der Waals surface area contributed by atoms with Crippen LogP contribution < -0.4 is 19.5 Å². The maximum Gasteiger partial charge on any atom is 0.259 e. The summed E-state index contributed by atoms with van der Waals surface area (Å²) >= 11 is 0. The van der Waals surface area contributed by atoms with E-state index >= 15 is 0 Å². The normalized spacial score (nSPS) is 9.76. The zero-order chi connectivity index (χ0) is 20.6. The largest absolute Gasteiger partial charge is 0.493 e. The molecule has 3 aromatic rings. The van der Waals surface area contributed by atoms with Crippen molar-refractivity contribution < 1.29 is 19.0 Å². The van der Waals surface area contributed by atoms with Gasteiger partial charge in [0.05, 0.1) is 26.9 Å². The number of amides is 1. The second kappa shape index (κ2) is 9.29. The number of nitrogens with zero attached hydrogens (tertiary/aromatic N) is 1. The Morgan fingerprint density at radius 2 is 1.72 bits per heavy atom. The smallest absolute Gasteiger partial charge is 0.259 e. The van der Waals surface area contributed by atoms with E-state index in [0.717, 1.165) is 5.56 Å². The monoisotopic (exact) mass is 388 g/mol. The molecule has 29 heavy (non-hydrogen) atoms. The summed E-state index contributed by atoms with van der Waals surface area (Å²) in [4.78, 5) is 17.0. The fraction of sp³-hybridized carbons (Fsp3) is 0.130. The van der Waals surface area contributed by atoms with E-state index in [4.69, 9.17) is 14.2 Å². The van der Waals surface area contributed by atoms with Gasteiger partial charge in [-0.2, -0.15) is 0 Å². The van der Waals surface area contributed by atoms with E-state index in [9.17, 15) is 4.79 Å². The number of methoxy groups -OCH3 is 3. The first-order valence-corrected chi connectivity index (χ1v) is 8.79. The molecule has 2 aromatic carbocycles. The van der Waals surface area contributed by atoms with Gasteiger partial charge in [-0.1, -0.05) is 18.1 Å². The van der Waals surface area contributed by atoms with Gasteiger partial charge < -0.3 is 19.5 Å². The number of aromatic nitrogens is 1. The van der Waals surface area contributed by atoms with Crippen molar-refractivity contribution in [2.75, 3.05) is 26.6 Å². The summed E-state index contributed by atoms with van der Waals surface area (Å²) in [5.41, 5.74) is 2.37. The van der Waals surface area contributed by atoms with Gasteiger partial charge in [-0.15, -0.1) is 0 Å². The van der Waals surface area contributed by atoms with Gasteiger partial charge in [0.15, 0.2) is 11.5 Å². The van der Waals surface area contributed by atoms with Crippen LogP contribution in [0.4, 0.5) is 5.69 Å². The Hall–Kier alpha value is -3.98. The molecule has 1 heterocycles. The fourth-order valence-corrected chi connectivity index (χ4v) is 2.73. The van der Waals surface area contributed by atoms with Crippen LogP contribution in [0.1, 0.15) is 21.6 Å². The molecular weight excluding hydrogens is 368 g/mol. The molecule has 146 valence electrons. The van der Waals surface area contributed by atoms with Crippen LogP contribution in [0.3, 0.4) is 0 Å². The Bertz CT molecular complexity index is 1070. The van der Waals surface area contributed by atoms with Crippen molar-refractivity contribution in [3.63, 3.8) is 0 Å². The molecule has 0 aliphatic carbocycles. The first-order valence-electron chi connectivity index (χ1n) is 8.79. The van der Waals surface area contributed by atoms with Crippen LogP contribution in [-0.2, 0) is 0 Å². The number of carbonyl (C=O) groups is 1. The Morgan fingerprint density at radius 1 is 0.897 bits per heavy atom. The average Bonchev–Trinajstić information content (AvgIpc) is 2.77. The molecule has 0 aliphatic rings. The molecule has 0 atom stereocenters. The zero-order valence-electron chi connectivity index (χ0n) is 16.4. The van der Waals surface area contributed by atoms with Gasteiger partial charge in [-0.25, -0.2) is 4.98 Å². The van der Waals surface area contributed by atoms with Gasteiger partial charge in [0.1, 0.15) is 5.69 Å². The number of hydrogen-bond donors (Lipinski definition) is 1. The van der Waals surface area contributed by atoms with E-state index in [1.54, 1.807) is 30.5 Å². The van der Waals surface area contributed by atoms with Crippen molar-refractivity contribution in [2.24, 2.45) is 0 Å². The highest BCUT2D eigenvalue weighted by molar-refractivity contribution is 6.07. The van der Waals surface area contributed by atoms with E-state index < -0.39 is 0 Å². The Balaban J connectivity index is 1.84. The minimum Gasteiger partial charge on any atom is -0.493 e. The SMILES string of the molecule is COc1ccc(C(=O)Nc2cccc(C#Cc3ccccn3)c2)c(OC)c1OC. The van der Waals surface area contributed by atoms with Crippen LogP contribution in [0.2, 0.25) is 0 Å². The van der Waals surface area contributed by atoms with Crippen LogP contribution in [0.25, 0.3) is 0 Å². The van der Waals surface area contributed by atoms with Crippen molar-refractivity contribution in [3.8, 4) is 29.1 Å². The molecule has 0 spiro atoms. The van der Waals surface area contributed by atoms with Crippen molar-refractivity contribution in [1.82, 2.24) is 4.98 Å². The Kier molecular flexibility index (Phi) is 6.33. The second-order valence-corrected chi connectivity index (χ2v) is 5.88. The molecule has 3 rings (SSSR count). The highest BCUT2D eigenvalue weighted by Gasteiger charge is 2.20. The third-order valence-electron chi connectivity index (χ3n) is 4.07. The van der Waals surface area contributed by atoms with Crippen LogP contribution >= 0.6 is 0 Å². The lowest BCUT2D eigenvalue weighted by Gasteiger charge is -2.15. The maximum atomic E-state index is 12.8. The summed E-state index contributed by atoms with van der Waals surface area (Å²) in [6, 6.07) is 16.1. The van der Waals surface area contributed by atoms with Gasteiger partial charge in [0, 0.05) is 17.4 Å². The summed E-state index contributed by atoms with van der Waals surface area (Å²) in [5, 5.41) is 2.86. The van der Waals surface area contributed by atoms with E-state index in [1.165, 1.54) is 21.3 Å². The standard InChI is InChI=1S/C23H20N2O4/c1-27-20-13-12-19(21(28-2)22(20)29-3)23(26)25-18-9-6-7-16(15-18)10-11-17-8-4-5-14-24-17/h4-9,12-15H,1-3H3,(H,25,26). The summed E-state index contributed by atoms with van der Waals surface area (Å²) < 4.78 is 16.0. The van der Waals surface area contributed by atoms with Gasteiger partial charge >= 0.3 is 0 Å². The molecule has 0 saturated carbocycles. The van der Waals surface area contributed by atoms with Crippen LogP contribution in [-0.4, -0.2) is 32.2 Å². The molecule has 6 heteroatoms. The number of benzene rings is 2. The number of pyridine rings is 1. The van der Waals surface area contributed by atoms with Crippen molar-refractivity contribution in [2.45, 2.75) is 0 Å². The minimum atomic E-state index is -0.336. The van der Waals surface area contributed by atoms with Crippen molar-refractivity contribution in [3.05, 3.63) is 77.6 Å². The molecule has 0 saturated heterocycles. The lowest BCUT2D eigenvalue weighted by atomic mass is 10.1. The van der Waals surface area contributed by atoms with Gasteiger partial charge in [0.25, 0.3) is 5.91 Å². The zero-order valence-corrected chi connectivity index (χ0v) is 16.4. The maximum absolute atomic E-state index is 12.8. The molecule has 0 aliphatic heterocycles. The van der Waals surface area contributed by atoms with E-state index in [2.05, 4.69) is 22.1 Å². The van der Waals surface area contributed by atoms with Crippen LogP contribution in [0.5, 0.6) is 17.2 Å². The highest BCUT2D eigenvalue weighted by Crippen LogP contribution is 2.39. The highest BCUT2D eigenvalue weighted by atomic mass is 16.5.